The van der Waals surface area contributed by atoms with Crippen LogP contribution in [-0.4, -0.2) is 22.4 Å². The van der Waals surface area contributed by atoms with E-state index >= 15 is 0 Å². The van der Waals surface area contributed by atoms with Crippen molar-refractivity contribution in [2.24, 2.45) is 0 Å². The summed E-state index contributed by atoms with van der Waals surface area (Å²) in [7, 11) is 0. The highest BCUT2D eigenvalue weighted by Gasteiger charge is 2.23. The number of anilines is 1. The van der Waals surface area contributed by atoms with Crippen LogP contribution < -0.4 is 5.32 Å². The molecule has 1 atom stereocenters. The number of thioether (sulfide) groups is 1. The first-order valence-corrected chi connectivity index (χ1v) is 8.71. The van der Waals surface area contributed by atoms with E-state index in [1.807, 2.05) is 30.5 Å². The fraction of sp³-hybridized carbons (Fsp3) is 0.250. The van der Waals surface area contributed by atoms with Crippen LogP contribution in [0.1, 0.15) is 23.5 Å². The van der Waals surface area contributed by atoms with Crippen LogP contribution >= 0.6 is 23.1 Å². The topological polar surface area (TPSA) is 82.9 Å². The predicted molar refractivity (Wildman–Crippen MR) is 91.7 cm³/mol. The van der Waals surface area contributed by atoms with Crippen LogP contribution in [0.3, 0.4) is 0 Å². The molecule has 1 heterocycles. The van der Waals surface area contributed by atoms with E-state index in [-0.39, 0.29) is 17.4 Å². The number of nitriles is 1. The number of thiazole rings is 1. The maximum atomic E-state index is 12.2. The minimum atomic E-state index is -0.806. The number of carbonyl (C=O) groups is 2. The van der Waals surface area contributed by atoms with Crippen LogP contribution in [0, 0.1) is 18.3 Å². The lowest BCUT2D eigenvalue weighted by Crippen LogP contribution is -2.13. The number of ketones is 1. The summed E-state index contributed by atoms with van der Waals surface area (Å²) >= 11 is 2.70. The summed E-state index contributed by atoms with van der Waals surface area (Å²) in [5.74, 6) is -0.884. The zero-order valence-corrected chi connectivity index (χ0v) is 14.3. The summed E-state index contributed by atoms with van der Waals surface area (Å²) in [6.07, 6.45) is 0. The molecule has 0 fully saturated rings. The smallest absolute Gasteiger partial charge is 0.221 e. The van der Waals surface area contributed by atoms with E-state index in [9.17, 15) is 14.9 Å². The highest BCUT2D eigenvalue weighted by molar-refractivity contribution is 8.00. The van der Waals surface area contributed by atoms with Crippen LogP contribution in [0.25, 0.3) is 0 Å². The van der Waals surface area contributed by atoms with Gasteiger partial charge in [-0.15, -0.1) is 23.1 Å². The van der Waals surface area contributed by atoms with Gasteiger partial charge in [-0.2, -0.15) is 5.26 Å². The molecule has 2 rings (SSSR count). The monoisotopic (exact) mass is 345 g/mol. The van der Waals surface area contributed by atoms with E-state index in [2.05, 4.69) is 10.3 Å². The van der Waals surface area contributed by atoms with Gasteiger partial charge >= 0.3 is 0 Å². The number of nitrogens with zero attached hydrogens (tertiary/aromatic N) is 2. The average Bonchev–Trinajstić information content (AvgIpc) is 2.93. The summed E-state index contributed by atoms with van der Waals surface area (Å²) in [6.45, 7) is 3.29. The first-order valence-electron chi connectivity index (χ1n) is 6.84. The van der Waals surface area contributed by atoms with Crippen molar-refractivity contribution in [1.82, 2.24) is 4.98 Å². The third-order valence-electron chi connectivity index (χ3n) is 2.89. The standard InChI is InChI=1S/C16H15N3O2S2/c1-10-8-23-16(18-10)14(7-17)15(21)9-22-13-5-3-12(4-6-13)19-11(2)20/h3-6,8,14H,9H2,1-2H3,(H,19,20)/t14-/m1/s1. The number of benzene rings is 1. The fourth-order valence-corrected chi connectivity index (χ4v) is 3.51. The molecule has 0 aliphatic carbocycles. The molecule has 0 bridgehead atoms. The SMILES string of the molecule is CC(=O)Nc1ccc(SCC(=O)[C@@H](C#N)c2nc(C)cs2)cc1. The molecule has 1 amide bonds. The maximum Gasteiger partial charge on any atom is 0.221 e. The number of nitrogens with one attached hydrogen (secondary N) is 1. The van der Waals surface area contributed by atoms with Crippen molar-refractivity contribution >= 4 is 40.5 Å². The van der Waals surface area contributed by atoms with E-state index in [0.29, 0.717) is 10.7 Å². The predicted octanol–water partition coefficient (Wildman–Crippen LogP) is 3.38. The van der Waals surface area contributed by atoms with Crippen molar-refractivity contribution in [3.8, 4) is 6.07 Å². The van der Waals surface area contributed by atoms with E-state index in [4.69, 9.17) is 0 Å². The molecule has 7 heteroatoms. The van der Waals surface area contributed by atoms with Gasteiger partial charge in [-0.25, -0.2) is 4.98 Å². The Bertz CT molecular complexity index is 747. The average molecular weight is 345 g/mol. The minimum absolute atomic E-state index is 0.129. The van der Waals surface area contributed by atoms with Gasteiger partial charge < -0.3 is 5.32 Å². The van der Waals surface area contributed by atoms with Crippen LogP contribution in [0.5, 0.6) is 0 Å². The summed E-state index contributed by atoms with van der Waals surface area (Å²) in [5, 5.41) is 14.3. The number of Topliss-reactive ketones (excluding diaryl/α,β-unsaturated/α-hetero) is 1. The van der Waals surface area contributed by atoms with Gasteiger partial charge in [-0.3, -0.25) is 9.59 Å². The molecule has 0 saturated carbocycles. The van der Waals surface area contributed by atoms with Crippen molar-refractivity contribution < 1.29 is 9.59 Å². The molecule has 2 aromatic rings. The number of amides is 1. The summed E-state index contributed by atoms with van der Waals surface area (Å²) in [6, 6.07) is 9.25. The molecular formula is C16H15N3O2S2. The fourth-order valence-electron chi connectivity index (χ4n) is 1.85. The molecule has 0 radical (unpaired) electrons. The van der Waals surface area contributed by atoms with E-state index in [0.717, 1.165) is 10.6 Å². The number of aryl methyl sites for hydroxylation is 1. The molecule has 118 valence electrons. The molecule has 0 spiro atoms. The number of hydrogen-bond donors (Lipinski definition) is 1. The van der Waals surface area contributed by atoms with Crippen molar-refractivity contribution in [3.63, 3.8) is 0 Å². The molecular weight excluding hydrogens is 330 g/mol. The van der Waals surface area contributed by atoms with E-state index in [1.165, 1.54) is 30.0 Å². The van der Waals surface area contributed by atoms with Crippen LogP contribution in [0.2, 0.25) is 0 Å². The Morgan fingerprint density at radius 2 is 2.09 bits per heavy atom. The summed E-state index contributed by atoms with van der Waals surface area (Å²) in [5.41, 5.74) is 1.53. The summed E-state index contributed by atoms with van der Waals surface area (Å²) < 4.78 is 0. The number of carbonyl (C=O) groups excluding carboxylic acids is 2. The Morgan fingerprint density at radius 3 is 2.61 bits per heavy atom. The molecule has 0 saturated heterocycles. The van der Waals surface area contributed by atoms with Crippen LogP contribution in [-0.2, 0) is 9.59 Å². The number of hydrogen-bond acceptors (Lipinski definition) is 6. The van der Waals surface area contributed by atoms with Gasteiger partial charge in [-0.05, 0) is 31.2 Å². The van der Waals surface area contributed by atoms with E-state index in [1.54, 1.807) is 12.1 Å². The normalized spacial score (nSPS) is 11.5. The Kier molecular flexibility index (Phi) is 5.90. The first kappa shape index (κ1) is 17.2. The molecule has 0 aliphatic heterocycles. The van der Waals surface area contributed by atoms with Gasteiger partial charge in [0, 0.05) is 28.6 Å². The highest BCUT2D eigenvalue weighted by atomic mass is 32.2. The molecule has 1 aromatic heterocycles. The second kappa shape index (κ2) is 7.90. The zero-order chi connectivity index (χ0) is 16.8. The number of rotatable bonds is 6. The molecule has 23 heavy (non-hydrogen) atoms. The van der Waals surface area contributed by atoms with Crippen LogP contribution in [0.4, 0.5) is 5.69 Å². The van der Waals surface area contributed by atoms with Crippen molar-refractivity contribution in [2.45, 2.75) is 24.7 Å². The number of aromatic nitrogens is 1. The Balaban J connectivity index is 1.95. The van der Waals surface area contributed by atoms with Gasteiger partial charge in [0.1, 0.15) is 5.01 Å². The van der Waals surface area contributed by atoms with Gasteiger partial charge in [-0.1, -0.05) is 0 Å². The maximum absolute atomic E-state index is 12.2. The molecule has 5 nitrogen and oxygen atoms in total. The van der Waals surface area contributed by atoms with Gasteiger partial charge in [0.15, 0.2) is 11.7 Å². The summed E-state index contributed by atoms with van der Waals surface area (Å²) in [4.78, 5) is 28.3. The second-order valence-corrected chi connectivity index (χ2v) is 6.79. The second-order valence-electron chi connectivity index (χ2n) is 4.85. The third-order valence-corrected chi connectivity index (χ3v) is 4.95. The Morgan fingerprint density at radius 1 is 1.39 bits per heavy atom. The van der Waals surface area contributed by atoms with Gasteiger partial charge in [0.05, 0.1) is 11.8 Å². The molecule has 0 aliphatic rings. The van der Waals surface area contributed by atoms with Crippen molar-refractivity contribution in [1.29, 1.82) is 5.26 Å². The zero-order valence-electron chi connectivity index (χ0n) is 12.7. The quantitative estimate of drug-likeness (QED) is 0.812. The van der Waals surface area contributed by atoms with E-state index < -0.39 is 5.92 Å². The molecule has 0 unspecified atom stereocenters. The Labute approximate surface area is 142 Å². The van der Waals surface area contributed by atoms with Crippen LogP contribution in [0.15, 0.2) is 34.5 Å². The lowest BCUT2D eigenvalue weighted by atomic mass is 10.1. The van der Waals surface area contributed by atoms with Gasteiger partial charge in [0.25, 0.3) is 0 Å². The highest BCUT2D eigenvalue weighted by Crippen LogP contribution is 2.25. The third kappa shape index (κ3) is 4.91. The Hall–Kier alpha value is -2.17. The first-order chi connectivity index (χ1) is 11.0. The molecule has 1 N–H and O–H groups in total. The minimum Gasteiger partial charge on any atom is -0.326 e. The lowest BCUT2D eigenvalue weighted by Gasteiger charge is -2.06. The van der Waals surface area contributed by atoms with Crippen molar-refractivity contribution in [2.75, 3.05) is 11.1 Å². The molecule has 1 aromatic carbocycles. The van der Waals surface area contributed by atoms with Crippen molar-refractivity contribution in [3.05, 3.63) is 40.3 Å². The van der Waals surface area contributed by atoms with Gasteiger partial charge in [0.2, 0.25) is 5.91 Å². The largest absolute Gasteiger partial charge is 0.326 e. The lowest BCUT2D eigenvalue weighted by molar-refractivity contribution is -0.117.